The Hall–Kier alpha value is -1.62. The summed E-state index contributed by atoms with van der Waals surface area (Å²) < 4.78 is 7.04. The molecule has 5 heteroatoms. The number of carbonyl (C=O) groups excluding carboxylic acids is 1. The average molecular weight is 306 g/mol. The van der Waals surface area contributed by atoms with Gasteiger partial charge in [0.05, 0.1) is 12.3 Å². The van der Waals surface area contributed by atoms with Gasteiger partial charge in [-0.05, 0) is 38.3 Å². The third kappa shape index (κ3) is 3.18. The van der Waals surface area contributed by atoms with Crippen LogP contribution in [0, 0.1) is 6.92 Å². The molecule has 0 radical (unpaired) electrons. The highest BCUT2D eigenvalue weighted by molar-refractivity contribution is 7.14. The number of thiophene rings is 1. The number of ether oxygens (including phenoxy) is 1. The first-order valence-corrected chi connectivity index (χ1v) is 8.19. The van der Waals surface area contributed by atoms with E-state index in [0.29, 0.717) is 6.61 Å². The van der Waals surface area contributed by atoms with Crippen LogP contribution in [0.5, 0.6) is 0 Å². The van der Waals surface area contributed by atoms with Gasteiger partial charge in [-0.2, -0.15) is 5.10 Å². The Morgan fingerprint density at radius 1 is 1.43 bits per heavy atom. The van der Waals surface area contributed by atoms with Crippen molar-refractivity contribution < 1.29 is 9.53 Å². The van der Waals surface area contributed by atoms with E-state index in [2.05, 4.69) is 12.0 Å². The van der Waals surface area contributed by atoms with E-state index in [0.717, 1.165) is 41.0 Å². The van der Waals surface area contributed by atoms with Crippen molar-refractivity contribution in [1.82, 2.24) is 9.78 Å². The molecule has 21 heavy (non-hydrogen) atoms. The van der Waals surface area contributed by atoms with Crippen LogP contribution in [0.1, 0.15) is 46.8 Å². The van der Waals surface area contributed by atoms with E-state index in [-0.39, 0.29) is 5.97 Å². The van der Waals surface area contributed by atoms with Gasteiger partial charge in [0.2, 0.25) is 0 Å². The van der Waals surface area contributed by atoms with Crippen LogP contribution in [0.2, 0.25) is 0 Å². The molecule has 0 fully saturated rings. The quantitative estimate of drug-likeness (QED) is 0.758. The van der Waals surface area contributed by atoms with Gasteiger partial charge in [0.15, 0.2) is 0 Å². The number of esters is 1. The second-order valence-corrected chi connectivity index (χ2v) is 6.12. The summed E-state index contributed by atoms with van der Waals surface area (Å²) in [6, 6.07) is 2.00. The lowest BCUT2D eigenvalue weighted by Crippen LogP contribution is -2.04. The minimum atomic E-state index is -0.217. The highest BCUT2D eigenvalue weighted by Gasteiger charge is 2.23. The summed E-state index contributed by atoms with van der Waals surface area (Å²) >= 11 is 1.57. The number of unbranched alkanes of at least 4 members (excludes halogenated alkanes) is 1. The monoisotopic (exact) mass is 306 g/mol. The highest BCUT2D eigenvalue weighted by Crippen LogP contribution is 2.37. The first-order chi connectivity index (χ1) is 10.1. The molecule has 0 N–H and O–H groups in total. The van der Waals surface area contributed by atoms with Crippen LogP contribution in [-0.4, -0.2) is 22.4 Å². The van der Waals surface area contributed by atoms with Gasteiger partial charge in [0.1, 0.15) is 4.88 Å². The van der Waals surface area contributed by atoms with Gasteiger partial charge in [0.25, 0.3) is 0 Å². The Balaban J connectivity index is 2.50. The molecule has 0 atom stereocenters. The summed E-state index contributed by atoms with van der Waals surface area (Å²) in [6.45, 7) is 6.42. The molecule has 0 aliphatic rings. The normalized spacial score (nSPS) is 10.9. The zero-order valence-electron chi connectivity index (χ0n) is 13.1. The van der Waals surface area contributed by atoms with Gasteiger partial charge >= 0.3 is 5.97 Å². The Bertz CT molecular complexity index is 628. The van der Waals surface area contributed by atoms with Crippen LogP contribution in [0.4, 0.5) is 0 Å². The fraction of sp³-hybridized carbons (Fsp3) is 0.500. The maximum absolute atomic E-state index is 12.1. The average Bonchev–Trinajstić information content (AvgIpc) is 3.00. The molecule has 0 spiro atoms. The molecule has 4 nitrogen and oxygen atoms in total. The molecule has 0 saturated heterocycles. The highest BCUT2D eigenvalue weighted by atomic mass is 32.1. The van der Waals surface area contributed by atoms with E-state index in [9.17, 15) is 4.79 Å². The second kappa shape index (κ2) is 6.89. The van der Waals surface area contributed by atoms with Crippen molar-refractivity contribution in [2.45, 2.75) is 40.0 Å². The first kappa shape index (κ1) is 15.8. The molecule has 0 bridgehead atoms. The molecule has 114 valence electrons. The standard InChI is InChI=1S/C16H22N2O2S/c1-5-7-8-13-14(12-9-10-17-18(12)4)11(3)15(21-13)16(19)20-6-2/h9-10H,5-8H2,1-4H3. The lowest BCUT2D eigenvalue weighted by Gasteiger charge is -2.06. The number of aryl methyl sites for hydroxylation is 2. The molecule has 0 unspecified atom stereocenters. The number of hydrogen-bond donors (Lipinski definition) is 0. The van der Waals surface area contributed by atoms with Gasteiger partial charge in [0, 0.05) is 23.7 Å². The third-order valence-electron chi connectivity index (χ3n) is 3.51. The topological polar surface area (TPSA) is 44.1 Å². The Labute approximate surface area is 129 Å². The number of hydrogen-bond acceptors (Lipinski definition) is 4. The van der Waals surface area contributed by atoms with Gasteiger partial charge in [-0.25, -0.2) is 4.79 Å². The molecule has 0 aliphatic heterocycles. The van der Waals surface area contributed by atoms with Crippen LogP contribution in [0.25, 0.3) is 11.3 Å². The summed E-state index contributed by atoms with van der Waals surface area (Å²) in [5.41, 5.74) is 3.22. The number of nitrogens with zero attached hydrogens (tertiary/aromatic N) is 2. The van der Waals surface area contributed by atoms with E-state index in [1.165, 1.54) is 4.88 Å². The molecule has 2 aromatic heterocycles. The van der Waals surface area contributed by atoms with Gasteiger partial charge in [-0.15, -0.1) is 11.3 Å². The summed E-state index contributed by atoms with van der Waals surface area (Å²) in [5, 5.41) is 4.25. The zero-order valence-corrected chi connectivity index (χ0v) is 13.9. The predicted molar refractivity (Wildman–Crippen MR) is 85.8 cm³/mol. The maximum Gasteiger partial charge on any atom is 0.348 e. The molecule has 2 heterocycles. The molecule has 2 rings (SSSR count). The minimum Gasteiger partial charge on any atom is -0.462 e. The van der Waals surface area contributed by atoms with Crippen molar-refractivity contribution in [3.05, 3.63) is 27.6 Å². The van der Waals surface area contributed by atoms with Gasteiger partial charge < -0.3 is 4.74 Å². The smallest absolute Gasteiger partial charge is 0.348 e. The first-order valence-electron chi connectivity index (χ1n) is 7.37. The van der Waals surface area contributed by atoms with Crippen LogP contribution in [-0.2, 0) is 18.2 Å². The molecule has 0 aliphatic carbocycles. The Morgan fingerprint density at radius 2 is 2.19 bits per heavy atom. The molecular formula is C16H22N2O2S. The Morgan fingerprint density at radius 3 is 2.76 bits per heavy atom. The van der Waals surface area contributed by atoms with E-state index >= 15 is 0 Å². The zero-order chi connectivity index (χ0) is 15.4. The van der Waals surface area contributed by atoms with Crippen molar-refractivity contribution in [3.8, 4) is 11.3 Å². The van der Waals surface area contributed by atoms with Crippen molar-refractivity contribution in [2.75, 3.05) is 6.61 Å². The lowest BCUT2D eigenvalue weighted by molar-refractivity contribution is 0.0531. The third-order valence-corrected chi connectivity index (χ3v) is 4.85. The summed E-state index contributed by atoms with van der Waals surface area (Å²) in [5.74, 6) is -0.217. The summed E-state index contributed by atoms with van der Waals surface area (Å²) in [4.78, 5) is 14.1. The fourth-order valence-electron chi connectivity index (χ4n) is 2.43. The van der Waals surface area contributed by atoms with Crippen LogP contribution in [0.3, 0.4) is 0 Å². The lowest BCUT2D eigenvalue weighted by atomic mass is 10.0. The molecule has 2 aromatic rings. The van der Waals surface area contributed by atoms with Crippen LogP contribution >= 0.6 is 11.3 Å². The Kier molecular flexibility index (Phi) is 5.17. The maximum atomic E-state index is 12.1. The molecule has 0 amide bonds. The predicted octanol–water partition coefficient (Wildman–Crippen LogP) is 3.98. The summed E-state index contributed by atoms with van der Waals surface area (Å²) in [7, 11) is 1.93. The van der Waals surface area contributed by atoms with Crippen molar-refractivity contribution in [2.24, 2.45) is 7.05 Å². The second-order valence-electron chi connectivity index (χ2n) is 5.02. The van der Waals surface area contributed by atoms with Crippen molar-refractivity contribution in [3.63, 3.8) is 0 Å². The molecular weight excluding hydrogens is 284 g/mol. The SMILES string of the molecule is CCCCc1sc(C(=O)OCC)c(C)c1-c1ccnn1C. The van der Waals surface area contributed by atoms with E-state index in [1.54, 1.807) is 17.5 Å². The van der Waals surface area contributed by atoms with E-state index < -0.39 is 0 Å². The fourth-order valence-corrected chi connectivity index (χ4v) is 3.68. The number of rotatable bonds is 6. The largest absolute Gasteiger partial charge is 0.462 e. The number of aromatic nitrogens is 2. The van der Waals surface area contributed by atoms with Crippen LogP contribution < -0.4 is 0 Å². The van der Waals surface area contributed by atoms with E-state index in [1.807, 2.05) is 31.6 Å². The van der Waals surface area contributed by atoms with Crippen molar-refractivity contribution in [1.29, 1.82) is 0 Å². The minimum absolute atomic E-state index is 0.217. The van der Waals surface area contributed by atoms with Crippen LogP contribution in [0.15, 0.2) is 12.3 Å². The molecule has 0 aromatic carbocycles. The molecule has 0 saturated carbocycles. The van der Waals surface area contributed by atoms with E-state index in [4.69, 9.17) is 4.74 Å². The number of carbonyl (C=O) groups is 1. The summed E-state index contributed by atoms with van der Waals surface area (Å²) in [6.07, 6.45) is 5.03. The van der Waals surface area contributed by atoms with Crippen molar-refractivity contribution >= 4 is 17.3 Å². The van der Waals surface area contributed by atoms with Gasteiger partial charge in [-0.3, -0.25) is 4.68 Å². The van der Waals surface area contributed by atoms with Gasteiger partial charge in [-0.1, -0.05) is 13.3 Å².